The first kappa shape index (κ1) is 12.6. The van der Waals surface area contributed by atoms with Gasteiger partial charge >= 0.3 is 0 Å². The topological polar surface area (TPSA) is 49.4 Å². The third-order valence-corrected chi connectivity index (χ3v) is 3.87. The van der Waals surface area contributed by atoms with Crippen LogP contribution in [0.1, 0.15) is 45.4 Å². The molecule has 4 nitrogen and oxygen atoms in total. The molecule has 1 N–H and O–H groups in total. The fourth-order valence-electron chi connectivity index (χ4n) is 3.01. The molecular formula is C13H22N2O2. The maximum atomic E-state index is 11.5. The van der Waals surface area contributed by atoms with Crippen molar-refractivity contribution in [1.29, 1.82) is 0 Å². The molecule has 2 atom stereocenters. The fraction of sp³-hybridized carbons (Fsp3) is 0.846. The van der Waals surface area contributed by atoms with Gasteiger partial charge in [-0.25, -0.2) is 0 Å². The van der Waals surface area contributed by atoms with E-state index in [1.165, 1.54) is 0 Å². The molecule has 0 aliphatic carbocycles. The highest BCUT2D eigenvalue weighted by molar-refractivity contribution is 5.81. The molecule has 0 radical (unpaired) electrons. The zero-order valence-electron chi connectivity index (χ0n) is 10.6. The molecule has 96 valence electrons. The van der Waals surface area contributed by atoms with E-state index in [9.17, 15) is 9.59 Å². The highest BCUT2D eigenvalue weighted by Crippen LogP contribution is 2.33. The van der Waals surface area contributed by atoms with Crippen molar-refractivity contribution in [2.24, 2.45) is 0 Å². The van der Waals surface area contributed by atoms with E-state index in [4.69, 9.17) is 0 Å². The number of fused-ring (bicyclic) bond motifs is 2. The summed E-state index contributed by atoms with van der Waals surface area (Å²) in [6, 6.07) is 0.834. The van der Waals surface area contributed by atoms with Gasteiger partial charge in [0.1, 0.15) is 5.78 Å². The van der Waals surface area contributed by atoms with Crippen LogP contribution in [-0.2, 0) is 9.59 Å². The van der Waals surface area contributed by atoms with Crippen LogP contribution in [0, 0.1) is 0 Å². The maximum Gasteiger partial charge on any atom is 0.221 e. The number of hydrogen-bond donors (Lipinski definition) is 1. The van der Waals surface area contributed by atoms with Gasteiger partial charge in [-0.1, -0.05) is 6.92 Å². The van der Waals surface area contributed by atoms with Crippen molar-refractivity contribution in [3.63, 3.8) is 0 Å². The Bertz CT molecular complexity index is 288. The van der Waals surface area contributed by atoms with E-state index in [0.717, 1.165) is 32.4 Å². The Morgan fingerprint density at radius 2 is 2.00 bits per heavy atom. The summed E-state index contributed by atoms with van der Waals surface area (Å²) < 4.78 is 0. The molecule has 0 spiro atoms. The van der Waals surface area contributed by atoms with Crippen LogP contribution < -0.4 is 5.32 Å². The molecule has 2 rings (SSSR count). The number of carbonyl (C=O) groups excluding carboxylic acids is 2. The van der Waals surface area contributed by atoms with E-state index in [2.05, 4.69) is 17.1 Å². The summed E-state index contributed by atoms with van der Waals surface area (Å²) in [5.74, 6) is 0.548. The van der Waals surface area contributed by atoms with Crippen molar-refractivity contribution in [3.05, 3.63) is 0 Å². The second-order valence-corrected chi connectivity index (χ2v) is 5.17. The number of ketones is 1. The Balaban J connectivity index is 1.76. The third kappa shape index (κ3) is 3.06. The molecule has 0 aromatic carbocycles. The van der Waals surface area contributed by atoms with Crippen molar-refractivity contribution in [2.75, 3.05) is 13.1 Å². The zero-order chi connectivity index (χ0) is 12.3. The van der Waals surface area contributed by atoms with Crippen LogP contribution in [0.3, 0.4) is 0 Å². The molecule has 2 unspecified atom stereocenters. The zero-order valence-corrected chi connectivity index (χ0v) is 10.6. The van der Waals surface area contributed by atoms with E-state index in [1.54, 1.807) is 0 Å². The van der Waals surface area contributed by atoms with Gasteiger partial charge in [-0.2, -0.15) is 0 Å². The first-order valence-electron chi connectivity index (χ1n) is 6.75. The molecule has 2 saturated heterocycles. The summed E-state index contributed by atoms with van der Waals surface area (Å²) in [4.78, 5) is 25.4. The van der Waals surface area contributed by atoms with Gasteiger partial charge in [0, 0.05) is 44.4 Å². The number of nitrogens with one attached hydrogen (secondary N) is 1. The van der Waals surface area contributed by atoms with Crippen molar-refractivity contribution in [2.45, 2.75) is 57.5 Å². The van der Waals surface area contributed by atoms with E-state index < -0.39 is 0 Å². The molecule has 17 heavy (non-hydrogen) atoms. The average Bonchev–Trinajstić information content (AvgIpc) is 2.54. The Morgan fingerprint density at radius 1 is 1.35 bits per heavy atom. The molecule has 2 fully saturated rings. The lowest BCUT2D eigenvalue weighted by Gasteiger charge is -2.33. The minimum absolute atomic E-state index is 0.142. The van der Waals surface area contributed by atoms with Crippen LogP contribution in [0.4, 0.5) is 0 Å². The predicted octanol–water partition coefficient (Wildman–Crippen LogP) is 1.10. The van der Waals surface area contributed by atoms with Gasteiger partial charge in [-0.15, -0.1) is 0 Å². The molecule has 2 heterocycles. The van der Waals surface area contributed by atoms with Crippen molar-refractivity contribution >= 4 is 11.7 Å². The molecular weight excluding hydrogens is 216 g/mol. The summed E-state index contributed by atoms with van der Waals surface area (Å²) in [5, 5.41) is 2.90. The Labute approximate surface area is 103 Å². The average molecular weight is 238 g/mol. The SMILES string of the molecule is CCCNC(=O)CCN1C2CCC1CC(=O)C2. The molecule has 0 aromatic heterocycles. The number of carbonyl (C=O) groups is 2. The molecule has 0 saturated carbocycles. The van der Waals surface area contributed by atoms with Crippen molar-refractivity contribution in [3.8, 4) is 0 Å². The standard InChI is InChI=1S/C13H22N2O2/c1-2-6-14-13(17)5-7-15-10-3-4-11(15)9-12(16)8-10/h10-11H,2-9H2,1H3,(H,14,17). The van der Waals surface area contributed by atoms with Crippen LogP contribution in [-0.4, -0.2) is 41.8 Å². The van der Waals surface area contributed by atoms with Gasteiger partial charge in [-0.3, -0.25) is 14.5 Å². The first-order valence-corrected chi connectivity index (χ1v) is 6.75. The molecule has 2 bridgehead atoms. The normalized spacial score (nSPS) is 28.4. The number of Topliss-reactive ketones (excluding diaryl/α,β-unsaturated/α-hetero) is 1. The van der Waals surface area contributed by atoms with Crippen LogP contribution in [0.15, 0.2) is 0 Å². The van der Waals surface area contributed by atoms with Crippen LogP contribution in [0.25, 0.3) is 0 Å². The van der Waals surface area contributed by atoms with Gasteiger partial charge < -0.3 is 5.32 Å². The summed E-state index contributed by atoms with van der Waals surface area (Å²) in [5.41, 5.74) is 0. The molecule has 4 heteroatoms. The van der Waals surface area contributed by atoms with Gasteiger partial charge in [0.15, 0.2) is 0 Å². The lowest BCUT2D eigenvalue weighted by atomic mass is 10.0. The van der Waals surface area contributed by atoms with Crippen molar-refractivity contribution in [1.82, 2.24) is 10.2 Å². The van der Waals surface area contributed by atoms with Crippen molar-refractivity contribution < 1.29 is 9.59 Å². The summed E-state index contributed by atoms with van der Waals surface area (Å²) in [6.45, 7) is 3.64. The monoisotopic (exact) mass is 238 g/mol. The molecule has 2 aliphatic heterocycles. The Hall–Kier alpha value is -0.900. The van der Waals surface area contributed by atoms with Crippen LogP contribution in [0.5, 0.6) is 0 Å². The lowest BCUT2D eigenvalue weighted by molar-refractivity contribution is -0.124. The van der Waals surface area contributed by atoms with Crippen LogP contribution >= 0.6 is 0 Å². The number of amides is 1. The Morgan fingerprint density at radius 3 is 2.59 bits per heavy atom. The molecule has 1 amide bonds. The number of piperidine rings is 1. The predicted molar refractivity (Wildman–Crippen MR) is 65.7 cm³/mol. The second kappa shape index (κ2) is 5.63. The number of rotatable bonds is 5. The molecule has 2 aliphatic rings. The van der Waals surface area contributed by atoms with E-state index in [-0.39, 0.29) is 5.91 Å². The summed E-state index contributed by atoms with van der Waals surface area (Å²) in [6.07, 6.45) is 5.22. The number of hydrogen-bond acceptors (Lipinski definition) is 3. The van der Waals surface area contributed by atoms with E-state index in [1.807, 2.05) is 0 Å². The van der Waals surface area contributed by atoms with Crippen LogP contribution in [0.2, 0.25) is 0 Å². The third-order valence-electron chi connectivity index (χ3n) is 3.87. The highest BCUT2D eigenvalue weighted by atomic mass is 16.1. The fourth-order valence-corrected chi connectivity index (χ4v) is 3.01. The number of nitrogens with zero attached hydrogens (tertiary/aromatic N) is 1. The van der Waals surface area contributed by atoms with Gasteiger partial charge in [0.25, 0.3) is 0 Å². The minimum Gasteiger partial charge on any atom is -0.356 e. The Kier molecular flexibility index (Phi) is 4.15. The minimum atomic E-state index is 0.142. The lowest BCUT2D eigenvalue weighted by Crippen LogP contribution is -2.44. The largest absolute Gasteiger partial charge is 0.356 e. The highest BCUT2D eigenvalue weighted by Gasteiger charge is 2.39. The molecule has 0 aromatic rings. The first-order chi connectivity index (χ1) is 8.20. The summed E-state index contributed by atoms with van der Waals surface area (Å²) >= 11 is 0. The maximum absolute atomic E-state index is 11.5. The quantitative estimate of drug-likeness (QED) is 0.780. The van der Waals surface area contributed by atoms with Gasteiger partial charge in [-0.05, 0) is 19.3 Å². The van der Waals surface area contributed by atoms with E-state index in [0.29, 0.717) is 37.1 Å². The second-order valence-electron chi connectivity index (χ2n) is 5.17. The summed E-state index contributed by atoms with van der Waals surface area (Å²) in [7, 11) is 0. The van der Waals surface area contributed by atoms with E-state index >= 15 is 0 Å². The van der Waals surface area contributed by atoms with Gasteiger partial charge in [0.05, 0.1) is 0 Å². The smallest absolute Gasteiger partial charge is 0.221 e. The van der Waals surface area contributed by atoms with Gasteiger partial charge in [0.2, 0.25) is 5.91 Å².